The molecule has 0 fully saturated rings. The number of nitrogens with one attached hydrogen (secondary N) is 1. The van der Waals surface area contributed by atoms with E-state index in [0.717, 1.165) is 11.3 Å². The van der Waals surface area contributed by atoms with E-state index in [9.17, 15) is 4.79 Å². The van der Waals surface area contributed by atoms with Crippen molar-refractivity contribution in [2.75, 3.05) is 33.1 Å². The van der Waals surface area contributed by atoms with Crippen LogP contribution < -0.4 is 19.5 Å². The fourth-order valence-corrected chi connectivity index (χ4v) is 2.64. The van der Waals surface area contributed by atoms with E-state index in [1.54, 1.807) is 54.7 Å². The Kier molecular flexibility index (Phi) is 7.48. The smallest absolute Gasteiger partial charge is 0.262 e. The molecule has 0 atom stereocenters. The second-order valence-electron chi connectivity index (χ2n) is 6.78. The number of hydrazone groups is 1. The number of carbonyl (C=O) groups excluding carboxylic acids is 1. The first-order chi connectivity index (χ1) is 15.0. The average molecular weight is 419 g/mol. The molecular weight excluding hydrogens is 394 g/mol. The van der Waals surface area contributed by atoms with E-state index >= 15 is 0 Å². The molecule has 160 valence electrons. The van der Waals surface area contributed by atoms with Crippen molar-refractivity contribution in [3.8, 4) is 23.0 Å². The monoisotopic (exact) mass is 419 g/mol. The minimum absolute atomic E-state index is 0.149. The Morgan fingerprint density at radius 2 is 1.68 bits per heavy atom. The van der Waals surface area contributed by atoms with Crippen molar-refractivity contribution < 1.29 is 19.0 Å². The fraction of sp³-hybridized carbons (Fsp3) is 0.167. The summed E-state index contributed by atoms with van der Waals surface area (Å²) in [7, 11) is 5.23. The van der Waals surface area contributed by atoms with Gasteiger partial charge in [-0.05, 0) is 60.2 Å². The molecule has 0 radical (unpaired) electrons. The zero-order valence-corrected chi connectivity index (χ0v) is 17.7. The van der Waals surface area contributed by atoms with Gasteiger partial charge in [0.05, 0.1) is 13.3 Å². The maximum atomic E-state index is 12.3. The van der Waals surface area contributed by atoms with Gasteiger partial charge in [0, 0.05) is 19.8 Å². The number of carbonyl (C=O) groups is 1. The summed E-state index contributed by atoms with van der Waals surface area (Å²) in [5.74, 6) is 2.16. The largest absolute Gasteiger partial charge is 0.493 e. The maximum Gasteiger partial charge on any atom is 0.262 e. The third-order valence-corrected chi connectivity index (χ3v) is 4.10. The molecule has 0 unspecified atom stereocenters. The molecule has 1 amide bonds. The number of rotatable bonds is 9. The standard InChI is InChI=1S/C24H25N3O4/c1-27(2)25-16-18-9-14-22(23(15-18)29-3)30-17-24(28)26-19-10-12-21(13-11-19)31-20-7-5-4-6-8-20/h4-16H,17H2,1-3H3,(H,26,28)/b25-16+. The summed E-state index contributed by atoms with van der Waals surface area (Å²) in [6, 6.07) is 22.0. The molecule has 7 nitrogen and oxygen atoms in total. The van der Waals surface area contributed by atoms with E-state index in [-0.39, 0.29) is 12.5 Å². The molecule has 0 aliphatic carbocycles. The number of benzene rings is 3. The van der Waals surface area contributed by atoms with Crippen molar-refractivity contribution in [1.82, 2.24) is 5.01 Å². The normalized spacial score (nSPS) is 10.5. The summed E-state index contributed by atoms with van der Waals surface area (Å²) in [6.45, 7) is -0.149. The van der Waals surface area contributed by atoms with Gasteiger partial charge in [-0.15, -0.1) is 0 Å². The van der Waals surface area contributed by atoms with Gasteiger partial charge in [0.15, 0.2) is 18.1 Å². The highest BCUT2D eigenvalue weighted by atomic mass is 16.5. The highest BCUT2D eigenvalue weighted by Gasteiger charge is 2.09. The van der Waals surface area contributed by atoms with Crippen LogP contribution in [0.1, 0.15) is 5.56 Å². The zero-order valence-electron chi connectivity index (χ0n) is 17.7. The lowest BCUT2D eigenvalue weighted by atomic mass is 10.2. The number of anilines is 1. The van der Waals surface area contributed by atoms with Gasteiger partial charge in [0.1, 0.15) is 11.5 Å². The van der Waals surface area contributed by atoms with Crippen molar-refractivity contribution in [3.05, 3.63) is 78.4 Å². The highest BCUT2D eigenvalue weighted by molar-refractivity contribution is 5.92. The zero-order chi connectivity index (χ0) is 22.1. The van der Waals surface area contributed by atoms with Crippen LogP contribution >= 0.6 is 0 Å². The first-order valence-electron chi connectivity index (χ1n) is 9.68. The van der Waals surface area contributed by atoms with E-state index in [1.807, 2.05) is 50.5 Å². The summed E-state index contributed by atoms with van der Waals surface area (Å²) in [6.07, 6.45) is 1.71. The maximum absolute atomic E-state index is 12.3. The van der Waals surface area contributed by atoms with Crippen LogP contribution in [0.15, 0.2) is 77.9 Å². The lowest BCUT2D eigenvalue weighted by Gasteiger charge is -2.12. The van der Waals surface area contributed by atoms with Gasteiger partial charge in [-0.1, -0.05) is 18.2 Å². The van der Waals surface area contributed by atoms with Crippen molar-refractivity contribution in [1.29, 1.82) is 0 Å². The van der Waals surface area contributed by atoms with E-state index in [1.165, 1.54) is 0 Å². The van der Waals surface area contributed by atoms with Crippen molar-refractivity contribution >= 4 is 17.8 Å². The van der Waals surface area contributed by atoms with Gasteiger partial charge in [-0.2, -0.15) is 5.10 Å². The van der Waals surface area contributed by atoms with E-state index < -0.39 is 0 Å². The molecule has 0 aliphatic rings. The van der Waals surface area contributed by atoms with Crippen LogP contribution in [0, 0.1) is 0 Å². The summed E-state index contributed by atoms with van der Waals surface area (Å²) in [5.41, 5.74) is 1.51. The minimum Gasteiger partial charge on any atom is -0.493 e. The molecule has 0 spiro atoms. The third-order valence-electron chi connectivity index (χ3n) is 4.10. The molecule has 31 heavy (non-hydrogen) atoms. The Hall–Kier alpha value is -4.00. The Morgan fingerprint density at radius 1 is 0.968 bits per heavy atom. The number of amides is 1. The van der Waals surface area contributed by atoms with Crippen LogP contribution in [0.2, 0.25) is 0 Å². The van der Waals surface area contributed by atoms with Crippen molar-refractivity contribution in [2.24, 2.45) is 5.10 Å². The Balaban J connectivity index is 1.54. The first-order valence-corrected chi connectivity index (χ1v) is 9.68. The Labute approximate surface area is 181 Å². The predicted octanol–water partition coefficient (Wildman–Crippen LogP) is 4.40. The van der Waals surface area contributed by atoms with E-state index in [4.69, 9.17) is 14.2 Å². The molecule has 0 saturated carbocycles. The number of para-hydroxylation sites is 1. The molecule has 0 aromatic heterocycles. The second-order valence-corrected chi connectivity index (χ2v) is 6.78. The van der Waals surface area contributed by atoms with Gasteiger partial charge in [-0.3, -0.25) is 4.79 Å². The van der Waals surface area contributed by atoms with Crippen LogP contribution in [0.5, 0.6) is 23.0 Å². The number of methoxy groups -OCH3 is 1. The molecule has 0 aliphatic heterocycles. The third kappa shape index (κ3) is 6.78. The fourth-order valence-electron chi connectivity index (χ4n) is 2.64. The Bertz CT molecular complexity index is 1020. The number of ether oxygens (including phenoxy) is 3. The highest BCUT2D eigenvalue weighted by Crippen LogP contribution is 2.28. The first kappa shape index (κ1) is 21.7. The molecule has 1 N–H and O–H groups in total. The SMILES string of the molecule is COc1cc(/C=N/N(C)C)ccc1OCC(=O)Nc1ccc(Oc2ccccc2)cc1. The van der Waals surface area contributed by atoms with Crippen molar-refractivity contribution in [3.63, 3.8) is 0 Å². The molecule has 3 rings (SSSR count). The molecule has 3 aromatic rings. The number of nitrogens with zero attached hydrogens (tertiary/aromatic N) is 2. The number of hydrogen-bond donors (Lipinski definition) is 1. The molecule has 0 saturated heterocycles. The average Bonchev–Trinajstić information content (AvgIpc) is 2.78. The summed E-state index contributed by atoms with van der Waals surface area (Å²) in [4.78, 5) is 12.3. The quantitative estimate of drug-likeness (QED) is 0.411. The molecular formula is C24H25N3O4. The lowest BCUT2D eigenvalue weighted by Crippen LogP contribution is -2.20. The molecule has 0 heterocycles. The van der Waals surface area contributed by atoms with E-state index in [0.29, 0.717) is 22.9 Å². The number of hydrogen-bond acceptors (Lipinski definition) is 6. The van der Waals surface area contributed by atoms with E-state index in [2.05, 4.69) is 10.4 Å². The van der Waals surface area contributed by atoms with Crippen LogP contribution in [0.4, 0.5) is 5.69 Å². The summed E-state index contributed by atoms with van der Waals surface area (Å²) in [5, 5.41) is 8.68. The Morgan fingerprint density at radius 3 is 2.35 bits per heavy atom. The summed E-state index contributed by atoms with van der Waals surface area (Å²) < 4.78 is 16.7. The van der Waals surface area contributed by atoms with Crippen molar-refractivity contribution in [2.45, 2.75) is 0 Å². The second kappa shape index (κ2) is 10.7. The molecule has 3 aromatic carbocycles. The lowest BCUT2D eigenvalue weighted by molar-refractivity contribution is -0.118. The summed E-state index contributed by atoms with van der Waals surface area (Å²) >= 11 is 0. The predicted molar refractivity (Wildman–Crippen MR) is 121 cm³/mol. The van der Waals surface area contributed by atoms with Crippen LogP contribution in [-0.4, -0.2) is 44.9 Å². The van der Waals surface area contributed by atoms with Crippen LogP contribution in [0.3, 0.4) is 0 Å². The molecule has 0 bridgehead atoms. The molecule has 7 heteroatoms. The van der Waals surface area contributed by atoms with Crippen LogP contribution in [-0.2, 0) is 4.79 Å². The van der Waals surface area contributed by atoms with Gasteiger partial charge < -0.3 is 24.5 Å². The van der Waals surface area contributed by atoms with Gasteiger partial charge in [0.25, 0.3) is 5.91 Å². The minimum atomic E-state index is -0.281. The topological polar surface area (TPSA) is 72.4 Å². The van der Waals surface area contributed by atoms with Gasteiger partial charge >= 0.3 is 0 Å². The van der Waals surface area contributed by atoms with Gasteiger partial charge in [0.2, 0.25) is 0 Å². The van der Waals surface area contributed by atoms with Gasteiger partial charge in [-0.25, -0.2) is 0 Å². The van der Waals surface area contributed by atoms with Crippen LogP contribution in [0.25, 0.3) is 0 Å².